The molecule has 88 valence electrons. The van der Waals surface area contributed by atoms with Gasteiger partial charge < -0.3 is 10.5 Å². The summed E-state index contributed by atoms with van der Waals surface area (Å²) in [4.78, 5) is 11.7. The van der Waals surface area contributed by atoms with Crippen LogP contribution in [-0.4, -0.2) is 12.1 Å². The van der Waals surface area contributed by atoms with E-state index in [4.69, 9.17) is 10.5 Å². The number of ether oxygens (including phenoxy) is 1. The third-order valence-corrected chi connectivity index (χ3v) is 2.43. The van der Waals surface area contributed by atoms with Crippen LogP contribution in [0.15, 0.2) is 30.3 Å². The summed E-state index contributed by atoms with van der Waals surface area (Å²) >= 11 is 0. The zero-order valence-electron chi connectivity index (χ0n) is 9.85. The lowest BCUT2D eigenvalue weighted by Gasteiger charge is -2.16. The summed E-state index contributed by atoms with van der Waals surface area (Å²) in [5.41, 5.74) is 6.60. The second kappa shape index (κ2) is 6.28. The second-order valence-electron chi connectivity index (χ2n) is 3.92. The summed E-state index contributed by atoms with van der Waals surface area (Å²) in [6, 6.07) is 8.59. The number of esters is 1. The SMILES string of the molecule is CCCC(C)OC(=O)[C@@H](N)c1ccccc1. The Morgan fingerprint density at radius 3 is 2.56 bits per heavy atom. The molecule has 0 amide bonds. The van der Waals surface area contributed by atoms with Gasteiger partial charge in [0.25, 0.3) is 0 Å². The molecule has 3 nitrogen and oxygen atoms in total. The number of hydrogen-bond donors (Lipinski definition) is 1. The molecule has 0 heterocycles. The topological polar surface area (TPSA) is 52.3 Å². The quantitative estimate of drug-likeness (QED) is 0.777. The van der Waals surface area contributed by atoms with Gasteiger partial charge in [-0.25, -0.2) is 4.79 Å². The van der Waals surface area contributed by atoms with Crippen molar-refractivity contribution in [2.45, 2.75) is 38.8 Å². The lowest BCUT2D eigenvalue weighted by molar-refractivity contribution is -0.150. The minimum Gasteiger partial charge on any atom is -0.461 e. The van der Waals surface area contributed by atoms with Crippen LogP contribution in [0, 0.1) is 0 Å². The van der Waals surface area contributed by atoms with Crippen molar-refractivity contribution in [2.75, 3.05) is 0 Å². The molecule has 0 bridgehead atoms. The molecule has 1 aromatic carbocycles. The maximum atomic E-state index is 11.7. The summed E-state index contributed by atoms with van der Waals surface area (Å²) in [6.07, 6.45) is 1.80. The van der Waals surface area contributed by atoms with Gasteiger partial charge in [0.15, 0.2) is 0 Å². The molecule has 0 saturated heterocycles. The van der Waals surface area contributed by atoms with Gasteiger partial charge in [0.1, 0.15) is 6.04 Å². The van der Waals surface area contributed by atoms with Crippen LogP contribution in [0.25, 0.3) is 0 Å². The van der Waals surface area contributed by atoms with Gasteiger partial charge in [-0.1, -0.05) is 43.7 Å². The summed E-state index contributed by atoms with van der Waals surface area (Å²) < 4.78 is 5.24. The summed E-state index contributed by atoms with van der Waals surface area (Å²) in [5.74, 6) is -0.354. The van der Waals surface area contributed by atoms with Gasteiger partial charge in [-0.05, 0) is 18.9 Å². The second-order valence-corrected chi connectivity index (χ2v) is 3.92. The minimum atomic E-state index is -0.680. The van der Waals surface area contributed by atoms with Gasteiger partial charge in [-0.2, -0.15) is 0 Å². The van der Waals surface area contributed by atoms with Crippen molar-refractivity contribution >= 4 is 5.97 Å². The number of rotatable bonds is 5. The average Bonchev–Trinajstić information content (AvgIpc) is 2.29. The Morgan fingerprint density at radius 1 is 1.38 bits per heavy atom. The van der Waals surface area contributed by atoms with E-state index in [0.717, 1.165) is 18.4 Å². The average molecular weight is 221 g/mol. The largest absolute Gasteiger partial charge is 0.461 e. The third-order valence-electron chi connectivity index (χ3n) is 2.43. The van der Waals surface area contributed by atoms with Crippen LogP contribution in [0.5, 0.6) is 0 Å². The first-order valence-corrected chi connectivity index (χ1v) is 5.66. The van der Waals surface area contributed by atoms with Crippen LogP contribution in [0.3, 0.4) is 0 Å². The zero-order valence-corrected chi connectivity index (χ0v) is 9.85. The molecular weight excluding hydrogens is 202 g/mol. The van der Waals surface area contributed by atoms with Gasteiger partial charge >= 0.3 is 5.97 Å². The number of hydrogen-bond acceptors (Lipinski definition) is 3. The number of nitrogens with two attached hydrogens (primary N) is 1. The van der Waals surface area contributed by atoms with E-state index in [2.05, 4.69) is 6.92 Å². The molecule has 0 aliphatic rings. The predicted molar refractivity (Wildman–Crippen MR) is 63.8 cm³/mol. The molecule has 0 aliphatic heterocycles. The van der Waals surface area contributed by atoms with Crippen molar-refractivity contribution in [3.63, 3.8) is 0 Å². The Bertz CT molecular complexity index is 324. The van der Waals surface area contributed by atoms with Gasteiger partial charge in [0.05, 0.1) is 6.10 Å². The molecule has 16 heavy (non-hydrogen) atoms. The Balaban J connectivity index is 2.55. The fourth-order valence-corrected chi connectivity index (χ4v) is 1.53. The van der Waals surface area contributed by atoms with Crippen molar-refractivity contribution < 1.29 is 9.53 Å². The smallest absolute Gasteiger partial charge is 0.327 e. The summed E-state index contributed by atoms with van der Waals surface area (Å²) in [5, 5.41) is 0. The van der Waals surface area contributed by atoms with E-state index < -0.39 is 6.04 Å². The van der Waals surface area contributed by atoms with Crippen molar-refractivity contribution in [1.82, 2.24) is 0 Å². The molecule has 0 spiro atoms. The highest BCUT2D eigenvalue weighted by atomic mass is 16.5. The third kappa shape index (κ3) is 3.66. The summed E-state index contributed by atoms with van der Waals surface area (Å²) in [6.45, 7) is 3.95. The van der Waals surface area contributed by atoms with Gasteiger partial charge in [-0.15, -0.1) is 0 Å². The fraction of sp³-hybridized carbons (Fsp3) is 0.462. The number of carbonyl (C=O) groups is 1. The monoisotopic (exact) mass is 221 g/mol. The zero-order chi connectivity index (χ0) is 12.0. The highest BCUT2D eigenvalue weighted by Gasteiger charge is 2.18. The lowest BCUT2D eigenvalue weighted by Crippen LogP contribution is -2.26. The van der Waals surface area contributed by atoms with Gasteiger partial charge in [0.2, 0.25) is 0 Å². The molecule has 3 heteroatoms. The van der Waals surface area contributed by atoms with Crippen molar-refractivity contribution in [3.05, 3.63) is 35.9 Å². The van der Waals surface area contributed by atoms with E-state index in [0.29, 0.717) is 0 Å². The van der Waals surface area contributed by atoms with Crippen LogP contribution >= 0.6 is 0 Å². The van der Waals surface area contributed by atoms with Crippen LogP contribution in [0.2, 0.25) is 0 Å². The number of benzene rings is 1. The first kappa shape index (κ1) is 12.7. The van der Waals surface area contributed by atoms with Gasteiger partial charge in [-0.3, -0.25) is 0 Å². The van der Waals surface area contributed by atoms with Crippen molar-refractivity contribution in [2.24, 2.45) is 5.73 Å². The molecule has 0 saturated carbocycles. The van der Waals surface area contributed by atoms with Crippen LogP contribution in [0.1, 0.15) is 38.3 Å². The normalized spacial score (nSPS) is 14.2. The summed E-state index contributed by atoms with van der Waals surface area (Å²) in [7, 11) is 0. The van der Waals surface area contributed by atoms with Crippen molar-refractivity contribution in [1.29, 1.82) is 0 Å². The molecule has 2 N–H and O–H groups in total. The minimum absolute atomic E-state index is 0.0627. The molecular formula is C13H19NO2. The maximum absolute atomic E-state index is 11.7. The molecule has 0 aromatic heterocycles. The highest BCUT2D eigenvalue weighted by Crippen LogP contribution is 2.13. The Kier molecular flexibility index (Phi) is 4.99. The van der Waals surface area contributed by atoms with Crippen LogP contribution in [0.4, 0.5) is 0 Å². The van der Waals surface area contributed by atoms with E-state index in [1.807, 2.05) is 37.3 Å². The van der Waals surface area contributed by atoms with E-state index in [1.54, 1.807) is 0 Å². The molecule has 0 aliphatic carbocycles. The predicted octanol–water partition coefficient (Wildman–Crippen LogP) is 2.42. The maximum Gasteiger partial charge on any atom is 0.327 e. The molecule has 1 aromatic rings. The van der Waals surface area contributed by atoms with Gasteiger partial charge in [0, 0.05) is 0 Å². The molecule has 0 radical (unpaired) electrons. The Hall–Kier alpha value is -1.35. The highest BCUT2D eigenvalue weighted by molar-refractivity contribution is 5.77. The first-order chi connectivity index (χ1) is 7.65. The fourth-order valence-electron chi connectivity index (χ4n) is 1.53. The molecule has 1 unspecified atom stereocenters. The van der Waals surface area contributed by atoms with Crippen LogP contribution in [-0.2, 0) is 9.53 Å². The van der Waals surface area contributed by atoms with E-state index in [1.165, 1.54) is 0 Å². The Morgan fingerprint density at radius 2 is 2.00 bits per heavy atom. The Labute approximate surface area is 96.6 Å². The van der Waals surface area contributed by atoms with E-state index >= 15 is 0 Å². The number of carbonyl (C=O) groups excluding carboxylic acids is 1. The van der Waals surface area contributed by atoms with Crippen LogP contribution < -0.4 is 5.73 Å². The van der Waals surface area contributed by atoms with E-state index in [-0.39, 0.29) is 12.1 Å². The standard InChI is InChI=1S/C13H19NO2/c1-3-7-10(2)16-13(15)12(14)11-8-5-4-6-9-11/h4-6,8-10,12H,3,7,14H2,1-2H3/t10?,12-/m0/s1. The van der Waals surface area contributed by atoms with Crippen molar-refractivity contribution in [3.8, 4) is 0 Å². The lowest BCUT2D eigenvalue weighted by atomic mass is 10.1. The molecule has 0 fully saturated rings. The van der Waals surface area contributed by atoms with E-state index in [9.17, 15) is 4.79 Å². The molecule has 2 atom stereocenters. The molecule has 1 rings (SSSR count). The first-order valence-electron chi connectivity index (χ1n) is 5.66.